The average Bonchev–Trinajstić information content (AvgIpc) is 2.23. The Morgan fingerprint density at radius 2 is 1.93 bits per heavy atom. The fourth-order valence-corrected chi connectivity index (χ4v) is 1.41. The molecule has 2 rings (SSSR count). The summed E-state index contributed by atoms with van der Waals surface area (Å²) in [4.78, 5) is 7.80. The molecular formula is C10H7ClFN3. The Kier molecular flexibility index (Phi) is 2.51. The normalized spacial score (nSPS) is 10.3. The third-order valence-electron chi connectivity index (χ3n) is 1.91. The van der Waals surface area contributed by atoms with Crippen LogP contribution in [0.3, 0.4) is 0 Å². The molecule has 1 aromatic heterocycles. The number of rotatable bonds is 1. The summed E-state index contributed by atoms with van der Waals surface area (Å²) in [6.45, 7) is 0. The summed E-state index contributed by atoms with van der Waals surface area (Å²) in [6, 6.07) is 4.20. The van der Waals surface area contributed by atoms with E-state index in [9.17, 15) is 4.39 Å². The number of nitrogens with zero attached hydrogens (tertiary/aromatic N) is 2. The van der Waals surface area contributed by atoms with E-state index in [1.165, 1.54) is 30.6 Å². The van der Waals surface area contributed by atoms with E-state index in [0.29, 0.717) is 10.7 Å². The zero-order valence-electron chi connectivity index (χ0n) is 7.61. The highest BCUT2D eigenvalue weighted by Crippen LogP contribution is 2.26. The number of aromatic nitrogens is 2. The summed E-state index contributed by atoms with van der Waals surface area (Å²) in [5.74, 6) is -0.245. The molecule has 0 aliphatic rings. The molecule has 0 fully saturated rings. The van der Waals surface area contributed by atoms with Crippen LogP contribution in [0.1, 0.15) is 0 Å². The fraction of sp³-hybridized carbons (Fsp3) is 0. The molecule has 0 saturated carbocycles. The molecule has 0 spiro atoms. The maximum atomic E-state index is 13.5. The monoisotopic (exact) mass is 223 g/mol. The Bertz CT molecular complexity index is 502. The number of nitrogen functional groups attached to an aromatic ring is 1. The molecule has 76 valence electrons. The van der Waals surface area contributed by atoms with E-state index in [2.05, 4.69) is 9.97 Å². The number of halogens is 2. The minimum absolute atomic E-state index is 0.179. The number of benzene rings is 1. The molecule has 5 heteroatoms. The van der Waals surface area contributed by atoms with E-state index in [1.54, 1.807) is 0 Å². The first-order valence-electron chi connectivity index (χ1n) is 4.20. The third-order valence-corrected chi connectivity index (χ3v) is 2.15. The standard InChI is InChI=1S/C10H7ClFN3/c11-6-1-2-8(12)7(5-6)9-10(13)15-4-3-14-9/h1-5H,(H2,13,15). The molecule has 15 heavy (non-hydrogen) atoms. The predicted molar refractivity (Wildman–Crippen MR) is 56.8 cm³/mol. The van der Waals surface area contributed by atoms with Crippen molar-refractivity contribution >= 4 is 17.4 Å². The Balaban J connectivity index is 2.64. The molecule has 0 aliphatic carbocycles. The molecule has 0 atom stereocenters. The van der Waals surface area contributed by atoms with E-state index in [4.69, 9.17) is 17.3 Å². The summed E-state index contributed by atoms with van der Waals surface area (Å²) in [7, 11) is 0. The van der Waals surface area contributed by atoms with E-state index in [1.807, 2.05) is 0 Å². The van der Waals surface area contributed by atoms with Crippen molar-refractivity contribution in [3.8, 4) is 11.3 Å². The summed E-state index contributed by atoms with van der Waals surface area (Å²) in [5, 5.41) is 0.427. The lowest BCUT2D eigenvalue weighted by molar-refractivity contribution is 0.630. The molecule has 0 saturated heterocycles. The Morgan fingerprint density at radius 1 is 1.20 bits per heavy atom. The van der Waals surface area contributed by atoms with Crippen molar-refractivity contribution in [1.82, 2.24) is 9.97 Å². The molecule has 3 nitrogen and oxygen atoms in total. The summed E-state index contributed by atoms with van der Waals surface area (Å²) < 4.78 is 13.5. The van der Waals surface area contributed by atoms with E-state index in [-0.39, 0.29) is 11.4 Å². The van der Waals surface area contributed by atoms with Gasteiger partial charge in [-0.25, -0.2) is 9.37 Å². The number of hydrogen-bond donors (Lipinski definition) is 1. The minimum atomic E-state index is -0.424. The lowest BCUT2D eigenvalue weighted by atomic mass is 10.1. The lowest BCUT2D eigenvalue weighted by Crippen LogP contribution is -1.97. The maximum Gasteiger partial charge on any atom is 0.150 e. The van der Waals surface area contributed by atoms with Gasteiger partial charge in [-0.1, -0.05) is 11.6 Å². The van der Waals surface area contributed by atoms with Crippen LogP contribution in [0.4, 0.5) is 10.2 Å². The van der Waals surface area contributed by atoms with Crippen molar-refractivity contribution in [3.63, 3.8) is 0 Å². The van der Waals surface area contributed by atoms with Crippen molar-refractivity contribution in [2.24, 2.45) is 0 Å². The first kappa shape index (κ1) is 9.86. The largest absolute Gasteiger partial charge is 0.382 e. The Morgan fingerprint density at radius 3 is 2.67 bits per heavy atom. The van der Waals surface area contributed by atoms with Crippen molar-refractivity contribution in [1.29, 1.82) is 0 Å². The average molecular weight is 224 g/mol. The minimum Gasteiger partial charge on any atom is -0.382 e. The summed E-state index contributed by atoms with van der Waals surface area (Å²) in [5.41, 5.74) is 6.15. The topological polar surface area (TPSA) is 51.8 Å². The van der Waals surface area contributed by atoms with Crippen LogP contribution in [0.25, 0.3) is 11.3 Å². The number of nitrogens with two attached hydrogens (primary N) is 1. The second-order valence-electron chi connectivity index (χ2n) is 2.91. The van der Waals surface area contributed by atoms with E-state index in [0.717, 1.165) is 0 Å². The summed E-state index contributed by atoms with van der Waals surface area (Å²) >= 11 is 5.76. The first-order chi connectivity index (χ1) is 7.18. The quantitative estimate of drug-likeness (QED) is 0.808. The van der Waals surface area contributed by atoms with Crippen LogP contribution >= 0.6 is 11.6 Å². The van der Waals surface area contributed by atoms with E-state index < -0.39 is 5.82 Å². The molecule has 2 aromatic rings. The third kappa shape index (κ3) is 1.89. The second kappa shape index (κ2) is 3.82. The molecule has 1 aromatic carbocycles. The Labute approximate surface area is 90.7 Å². The molecule has 2 N–H and O–H groups in total. The van der Waals surface area contributed by atoms with Crippen LogP contribution in [-0.2, 0) is 0 Å². The number of anilines is 1. The van der Waals surface area contributed by atoms with Gasteiger partial charge in [-0.15, -0.1) is 0 Å². The van der Waals surface area contributed by atoms with Crippen molar-refractivity contribution in [3.05, 3.63) is 41.4 Å². The highest BCUT2D eigenvalue weighted by Gasteiger charge is 2.10. The zero-order chi connectivity index (χ0) is 10.8. The predicted octanol–water partition coefficient (Wildman–Crippen LogP) is 2.52. The fourth-order valence-electron chi connectivity index (χ4n) is 1.24. The molecule has 0 aliphatic heterocycles. The zero-order valence-corrected chi connectivity index (χ0v) is 8.37. The lowest BCUT2D eigenvalue weighted by Gasteiger charge is -2.04. The van der Waals surface area contributed by atoms with Gasteiger partial charge in [0.15, 0.2) is 0 Å². The SMILES string of the molecule is Nc1nccnc1-c1cc(Cl)ccc1F. The van der Waals surface area contributed by atoms with Gasteiger partial charge in [-0.2, -0.15) is 0 Å². The number of hydrogen-bond acceptors (Lipinski definition) is 3. The highest BCUT2D eigenvalue weighted by atomic mass is 35.5. The van der Waals surface area contributed by atoms with Gasteiger partial charge >= 0.3 is 0 Å². The van der Waals surface area contributed by atoms with Gasteiger partial charge in [0.2, 0.25) is 0 Å². The van der Waals surface area contributed by atoms with Crippen molar-refractivity contribution in [2.45, 2.75) is 0 Å². The van der Waals surface area contributed by atoms with Gasteiger partial charge in [-0.3, -0.25) is 4.98 Å². The highest BCUT2D eigenvalue weighted by molar-refractivity contribution is 6.30. The maximum absolute atomic E-state index is 13.5. The Hall–Kier alpha value is -1.68. The van der Waals surface area contributed by atoms with Crippen LogP contribution in [0, 0.1) is 5.82 Å². The van der Waals surface area contributed by atoms with Gasteiger partial charge in [0.25, 0.3) is 0 Å². The molecule has 0 unspecified atom stereocenters. The van der Waals surface area contributed by atoms with Crippen molar-refractivity contribution < 1.29 is 4.39 Å². The van der Waals surface area contributed by atoms with Crippen LogP contribution in [-0.4, -0.2) is 9.97 Å². The molecule has 1 heterocycles. The van der Waals surface area contributed by atoms with Crippen LogP contribution in [0.5, 0.6) is 0 Å². The van der Waals surface area contributed by atoms with E-state index >= 15 is 0 Å². The van der Waals surface area contributed by atoms with Crippen molar-refractivity contribution in [2.75, 3.05) is 5.73 Å². The summed E-state index contributed by atoms with van der Waals surface area (Å²) in [6.07, 6.45) is 2.90. The smallest absolute Gasteiger partial charge is 0.150 e. The first-order valence-corrected chi connectivity index (χ1v) is 4.58. The van der Waals surface area contributed by atoms with Gasteiger partial charge < -0.3 is 5.73 Å². The van der Waals surface area contributed by atoms with Gasteiger partial charge in [0.05, 0.1) is 0 Å². The molecular weight excluding hydrogens is 217 g/mol. The second-order valence-corrected chi connectivity index (χ2v) is 3.35. The van der Waals surface area contributed by atoms with Gasteiger partial charge in [-0.05, 0) is 18.2 Å². The molecule has 0 bridgehead atoms. The van der Waals surface area contributed by atoms with Crippen LogP contribution < -0.4 is 5.73 Å². The van der Waals surface area contributed by atoms with Crippen LogP contribution in [0.15, 0.2) is 30.6 Å². The van der Waals surface area contributed by atoms with Crippen LogP contribution in [0.2, 0.25) is 5.02 Å². The van der Waals surface area contributed by atoms with Gasteiger partial charge in [0.1, 0.15) is 17.3 Å². The molecule has 0 radical (unpaired) electrons. The van der Waals surface area contributed by atoms with Gasteiger partial charge in [0, 0.05) is 23.0 Å². The molecule has 0 amide bonds.